The molecule has 0 aromatic carbocycles. The molecule has 1 N–H and O–H groups in total. The van der Waals surface area contributed by atoms with Gasteiger partial charge >= 0.3 is 0 Å². The predicted octanol–water partition coefficient (Wildman–Crippen LogP) is 7.00. The van der Waals surface area contributed by atoms with E-state index in [1.165, 1.54) is 50.5 Å². The molecular weight excluding hydrogens is 304 g/mol. The summed E-state index contributed by atoms with van der Waals surface area (Å²) in [6, 6.07) is 0. The molecule has 25 heavy (non-hydrogen) atoms. The molecule has 2 aliphatic rings. The summed E-state index contributed by atoms with van der Waals surface area (Å²) < 4.78 is 0. The second kappa shape index (κ2) is 8.15. The summed E-state index contributed by atoms with van der Waals surface area (Å²) in [7, 11) is 0. The van der Waals surface area contributed by atoms with Crippen LogP contribution in [0.1, 0.15) is 99.3 Å². The van der Waals surface area contributed by atoms with E-state index in [-0.39, 0.29) is 6.10 Å². The van der Waals surface area contributed by atoms with Crippen molar-refractivity contribution in [1.29, 1.82) is 0 Å². The van der Waals surface area contributed by atoms with E-state index in [0.29, 0.717) is 22.7 Å². The molecule has 1 heteroatoms. The Bertz CT molecular complexity index is 451. The third-order valence-corrected chi connectivity index (χ3v) is 8.28. The number of aliphatic hydroxyl groups excluding tert-OH is 1. The van der Waals surface area contributed by atoms with Crippen molar-refractivity contribution < 1.29 is 5.11 Å². The Morgan fingerprint density at radius 2 is 1.88 bits per heavy atom. The van der Waals surface area contributed by atoms with E-state index in [4.69, 9.17) is 0 Å². The van der Waals surface area contributed by atoms with Crippen LogP contribution in [0.3, 0.4) is 0 Å². The third-order valence-electron chi connectivity index (χ3n) is 8.28. The molecule has 5 unspecified atom stereocenters. The first-order valence-corrected chi connectivity index (χ1v) is 10.9. The van der Waals surface area contributed by atoms with E-state index in [2.05, 4.69) is 48.1 Å². The first-order chi connectivity index (χ1) is 11.6. The molecule has 0 aromatic heterocycles. The zero-order valence-corrected chi connectivity index (χ0v) is 17.9. The fraction of sp³-hybridized carbons (Fsp3) is 0.917. The molecule has 0 radical (unpaired) electrons. The number of rotatable bonds is 7. The fourth-order valence-electron chi connectivity index (χ4n) is 6.71. The van der Waals surface area contributed by atoms with E-state index in [1.54, 1.807) is 0 Å². The van der Waals surface area contributed by atoms with E-state index in [0.717, 1.165) is 24.7 Å². The Hall–Kier alpha value is -0.300. The average molecular weight is 349 g/mol. The SMILES string of the molecule is C=C(C)C1CCC(C(C)CCC2C[C@H](O)CCC2(C)CCC)C1(C)C. The highest BCUT2D eigenvalue weighted by atomic mass is 16.3. The van der Waals surface area contributed by atoms with Gasteiger partial charge in [0.1, 0.15) is 0 Å². The molecule has 0 heterocycles. The summed E-state index contributed by atoms with van der Waals surface area (Å²) in [5.41, 5.74) is 2.23. The molecule has 2 fully saturated rings. The van der Waals surface area contributed by atoms with Crippen molar-refractivity contribution in [3.8, 4) is 0 Å². The maximum Gasteiger partial charge on any atom is 0.0543 e. The van der Waals surface area contributed by atoms with Crippen molar-refractivity contribution in [1.82, 2.24) is 0 Å². The van der Waals surface area contributed by atoms with E-state index >= 15 is 0 Å². The second-order valence-electron chi connectivity index (χ2n) is 10.5. The Kier molecular flexibility index (Phi) is 6.85. The van der Waals surface area contributed by atoms with Gasteiger partial charge in [-0.15, -0.1) is 0 Å². The molecule has 1 nitrogen and oxygen atoms in total. The van der Waals surface area contributed by atoms with Crippen LogP contribution in [0.25, 0.3) is 0 Å². The van der Waals surface area contributed by atoms with Gasteiger partial charge in [-0.3, -0.25) is 0 Å². The Morgan fingerprint density at radius 1 is 1.20 bits per heavy atom. The molecule has 0 aromatic rings. The van der Waals surface area contributed by atoms with Gasteiger partial charge in [0.05, 0.1) is 6.10 Å². The molecule has 0 saturated heterocycles. The van der Waals surface area contributed by atoms with Gasteiger partial charge in [-0.05, 0) is 86.4 Å². The van der Waals surface area contributed by atoms with Crippen LogP contribution in [0.15, 0.2) is 12.2 Å². The van der Waals surface area contributed by atoms with Crippen LogP contribution in [0, 0.1) is 34.5 Å². The van der Waals surface area contributed by atoms with Crippen molar-refractivity contribution in [2.24, 2.45) is 34.5 Å². The monoisotopic (exact) mass is 348 g/mol. The van der Waals surface area contributed by atoms with Gasteiger partial charge in [0.2, 0.25) is 0 Å². The molecule has 0 bridgehead atoms. The minimum absolute atomic E-state index is 0.0547. The zero-order valence-electron chi connectivity index (χ0n) is 17.9. The van der Waals surface area contributed by atoms with Crippen molar-refractivity contribution in [2.75, 3.05) is 0 Å². The highest BCUT2D eigenvalue weighted by Gasteiger charge is 2.45. The number of hydrogen-bond donors (Lipinski definition) is 1. The topological polar surface area (TPSA) is 20.2 Å². The van der Waals surface area contributed by atoms with Gasteiger partial charge in [0.25, 0.3) is 0 Å². The van der Waals surface area contributed by atoms with Gasteiger partial charge in [-0.1, -0.05) is 59.6 Å². The molecule has 2 aliphatic carbocycles. The van der Waals surface area contributed by atoms with Crippen molar-refractivity contribution >= 4 is 0 Å². The number of allylic oxidation sites excluding steroid dienone is 1. The van der Waals surface area contributed by atoms with Crippen LogP contribution in [-0.4, -0.2) is 11.2 Å². The lowest BCUT2D eigenvalue weighted by atomic mass is 9.62. The molecule has 6 atom stereocenters. The molecule has 0 spiro atoms. The Balaban J connectivity index is 1.98. The van der Waals surface area contributed by atoms with E-state index in [1.807, 2.05) is 0 Å². The first-order valence-electron chi connectivity index (χ1n) is 10.9. The highest BCUT2D eigenvalue weighted by molar-refractivity contribution is 5.08. The molecule has 2 saturated carbocycles. The summed E-state index contributed by atoms with van der Waals surface area (Å²) in [5.74, 6) is 3.01. The lowest BCUT2D eigenvalue weighted by molar-refractivity contribution is 0.00379. The Morgan fingerprint density at radius 3 is 2.44 bits per heavy atom. The van der Waals surface area contributed by atoms with Crippen molar-refractivity contribution in [3.05, 3.63) is 12.2 Å². The number of hydrogen-bond acceptors (Lipinski definition) is 1. The molecule has 0 aliphatic heterocycles. The summed E-state index contributed by atoms with van der Waals surface area (Å²) in [5, 5.41) is 10.2. The lowest BCUT2D eigenvalue weighted by Crippen LogP contribution is -2.37. The maximum atomic E-state index is 10.2. The van der Waals surface area contributed by atoms with Gasteiger partial charge in [-0.25, -0.2) is 0 Å². The largest absolute Gasteiger partial charge is 0.393 e. The average Bonchev–Trinajstić information content (AvgIpc) is 2.83. The van der Waals surface area contributed by atoms with Crippen molar-refractivity contribution in [3.63, 3.8) is 0 Å². The third kappa shape index (κ3) is 4.52. The number of aliphatic hydroxyl groups is 1. The summed E-state index contributed by atoms with van der Waals surface area (Å²) in [4.78, 5) is 0. The minimum Gasteiger partial charge on any atom is -0.393 e. The maximum absolute atomic E-state index is 10.2. The predicted molar refractivity (Wildman–Crippen MR) is 110 cm³/mol. The smallest absolute Gasteiger partial charge is 0.0543 e. The molecule has 146 valence electrons. The first kappa shape index (κ1) is 21.0. The van der Waals surface area contributed by atoms with Crippen LogP contribution in [0.2, 0.25) is 0 Å². The molecule has 2 rings (SSSR count). The van der Waals surface area contributed by atoms with Crippen LogP contribution in [-0.2, 0) is 0 Å². The van der Waals surface area contributed by atoms with E-state index < -0.39 is 0 Å². The standard InChI is InChI=1S/C24H44O/c1-8-14-24(7)15-13-20(25)16-19(24)10-9-18(4)22-12-11-21(17(2)3)23(22,5)6/h18-22,25H,2,8-16H2,1,3-7H3/t18?,19?,20-,21?,22?,24?/m1/s1. The Labute approximate surface area is 157 Å². The summed E-state index contributed by atoms with van der Waals surface area (Å²) in [6.07, 6.45) is 11.1. The minimum atomic E-state index is -0.0547. The summed E-state index contributed by atoms with van der Waals surface area (Å²) in [6.45, 7) is 18.7. The molecular formula is C24H44O. The van der Waals surface area contributed by atoms with Crippen LogP contribution in [0.5, 0.6) is 0 Å². The van der Waals surface area contributed by atoms with E-state index in [9.17, 15) is 5.11 Å². The zero-order chi connectivity index (χ0) is 18.8. The lowest BCUT2D eigenvalue weighted by Gasteiger charge is -2.44. The van der Waals surface area contributed by atoms with Gasteiger partial charge < -0.3 is 5.11 Å². The molecule has 0 amide bonds. The normalized spacial score (nSPS) is 39.3. The van der Waals surface area contributed by atoms with Crippen LogP contribution in [0.4, 0.5) is 0 Å². The van der Waals surface area contributed by atoms with Crippen LogP contribution >= 0.6 is 0 Å². The van der Waals surface area contributed by atoms with Gasteiger partial charge in [0.15, 0.2) is 0 Å². The highest BCUT2D eigenvalue weighted by Crippen LogP contribution is 2.54. The fourth-order valence-corrected chi connectivity index (χ4v) is 6.71. The second-order valence-corrected chi connectivity index (χ2v) is 10.5. The summed E-state index contributed by atoms with van der Waals surface area (Å²) >= 11 is 0. The van der Waals surface area contributed by atoms with Crippen molar-refractivity contribution in [2.45, 2.75) is 105 Å². The van der Waals surface area contributed by atoms with Crippen LogP contribution < -0.4 is 0 Å². The van der Waals surface area contributed by atoms with Gasteiger partial charge in [-0.2, -0.15) is 0 Å². The quantitative estimate of drug-likeness (QED) is 0.491. The van der Waals surface area contributed by atoms with Gasteiger partial charge in [0, 0.05) is 0 Å².